The van der Waals surface area contributed by atoms with Gasteiger partial charge < -0.3 is 0 Å². The van der Waals surface area contributed by atoms with Gasteiger partial charge in [0, 0.05) is 17.1 Å². The molecule has 2 nitrogen and oxygen atoms in total. The van der Waals surface area contributed by atoms with Crippen LogP contribution in [0.4, 0.5) is 5.69 Å². The Morgan fingerprint density at radius 3 is 2.75 bits per heavy atom. The summed E-state index contributed by atoms with van der Waals surface area (Å²) in [6.07, 6.45) is 1.70. The zero-order chi connectivity index (χ0) is 9.14. The summed E-state index contributed by atoms with van der Waals surface area (Å²) in [6, 6.07) is 5.59. The van der Waals surface area contributed by atoms with Gasteiger partial charge in [-0.1, -0.05) is 28.6 Å². The molecular weight excluding hydrogens is 218 g/mol. The number of halogens is 1. The molecule has 3 heteroatoms. The topological polar surface area (TPSA) is 23.5 Å². The van der Waals surface area contributed by atoms with Gasteiger partial charge in [0.05, 0.1) is 5.69 Å². The second-order valence-electron chi connectivity index (χ2n) is 2.43. The van der Waals surface area contributed by atoms with Gasteiger partial charge in [0.1, 0.15) is 0 Å². The first-order chi connectivity index (χ1) is 5.65. The fraction of sp³-hybridized carbons (Fsp3) is 0.111. The summed E-state index contributed by atoms with van der Waals surface area (Å²) in [4.78, 5) is 0. The Morgan fingerprint density at radius 1 is 1.58 bits per heavy atom. The van der Waals surface area contributed by atoms with Crippen molar-refractivity contribution in [3.63, 3.8) is 0 Å². The van der Waals surface area contributed by atoms with Crippen LogP contribution in [0.15, 0.2) is 29.3 Å². The molecule has 1 N–H and O–H groups in total. The van der Waals surface area contributed by atoms with Gasteiger partial charge in [-0.25, -0.2) is 0 Å². The minimum Gasteiger partial charge on any atom is -0.289 e. The lowest BCUT2D eigenvalue weighted by molar-refractivity contribution is 0.279. The van der Waals surface area contributed by atoms with E-state index >= 15 is 0 Å². The Kier molecular flexibility index (Phi) is 2.89. The maximum atomic E-state index is 9.20. The molecule has 0 radical (unpaired) electrons. The number of hydrogen-bond donors (Lipinski definition) is 1. The zero-order valence-corrected chi connectivity index (χ0v) is 8.37. The van der Waals surface area contributed by atoms with E-state index in [1.165, 1.54) is 0 Å². The van der Waals surface area contributed by atoms with Crippen LogP contribution in [0.3, 0.4) is 0 Å². The van der Waals surface area contributed by atoms with Crippen molar-refractivity contribution < 1.29 is 5.21 Å². The maximum Gasteiger partial charge on any atom is 0.0703 e. The Morgan fingerprint density at radius 2 is 2.25 bits per heavy atom. The lowest BCUT2D eigenvalue weighted by Gasteiger charge is -2.13. The molecule has 64 valence electrons. The van der Waals surface area contributed by atoms with Crippen LogP contribution in [-0.2, 0) is 0 Å². The normalized spacial score (nSPS) is 9.58. The minimum absolute atomic E-state index is 0.744. The summed E-state index contributed by atoms with van der Waals surface area (Å²) < 4.78 is 0.975. The summed E-state index contributed by atoms with van der Waals surface area (Å²) in [7, 11) is 1.58. The van der Waals surface area contributed by atoms with Gasteiger partial charge in [-0.2, -0.15) is 0 Å². The lowest BCUT2D eigenvalue weighted by Crippen LogP contribution is -2.10. The fourth-order valence-corrected chi connectivity index (χ4v) is 1.36. The van der Waals surface area contributed by atoms with Crippen LogP contribution in [0.25, 0.3) is 6.08 Å². The van der Waals surface area contributed by atoms with Crippen molar-refractivity contribution in [3.05, 3.63) is 34.8 Å². The van der Waals surface area contributed by atoms with Crippen LogP contribution in [0, 0.1) is 0 Å². The number of hydrogen-bond acceptors (Lipinski definition) is 2. The minimum atomic E-state index is 0.744. The van der Waals surface area contributed by atoms with E-state index in [1.807, 2.05) is 18.2 Å². The molecule has 0 spiro atoms. The number of rotatable bonds is 2. The molecule has 1 rings (SSSR count). The Balaban J connectivity index is 3.20. The molecular formula is C9H10BrNO. The van der Waals surface area contributed by atoms with Crippen molar-refractivity contribution in [1.82, 2.24) is 0 Å². The Labute approximate surface area is 80.2 Å². The molecule has 0 saturated carbocycles. The molecule has 0 aliphatic rings. The van der Waals surface area contributed by atoms with Crippen LogP contribution in [-0.4, -0.2) is 12.3 Å². The van der Waals surface area contributed by atoms with Crippen molar-refractivity contribution in [2.45, 2.75) is 0 Å². The standard InChI is InChI=1S/C9H10BrNO/c1-3-7-6-8(10)4-5-9(7)11(2)12/h3-6,12H,1H2,2H3. The van der Waals surface area contributed by atoms with Gasteiger partial charge in [0.25, 0.3) is 0 Å². The van der Waals surface area contributed by atoms with Crippen LogP contribution >= 0.6 is 15.9 Å². The molecule has 0 aromatic heterocycles. The average molecular weight is 228 g/mol. The first kappa shape index (κ1) is 9.29. The van der Waals surface area contributed by atoms with E-state index in [0.29, 0.717) is 0 Å². The average Bonchev–Trinajstić information content (AvgIpc) is 2.03. The molecule has 0 heterocycles. The number of benzene rings is 1. The van der Waals surface area contributed by atoms with Crippen molar-refractivity contribution in [2.75, 3.05) is 12.1 Å². The fourth-order valence-electron chi connectivity index (χ4n) is 0.984. The van der Waals surface area contributed by atoms with Gasteiger partial charge in [-0.05, 0) is 18.2 Å². The van der Waals surface area contributed by atoms with Crippen molar-refractivity contribution >= 4 is 27.7 Å². The van der Waals surface area contributed by atoms with Gasteiger partial charge in [0.2, 0.25) is 0 Å². The molecule has 0 atom stereocenters. The highest BCUT2D eigenvalue weighted by atomic mass is 79.9. The largest absolute Gasteiger partial charge is 0.289 e. The van der Waals surface area contributed by atoms with Crippen molar-refractivity contribution in [2.24, 2.45) is 0 Å². The molecule has 0 unspecified atom stereocenters. The van der Waals surface area contributed by atoms with Gasteiger partial charge in [-0.15, -0.1) is 0 Å². The zero-order valence-electron chi connectivity index (χ0n) is 6.79. The first-order valence-corrected chi connectivity index (χ1v) is 4.29. The summed E-state index contributed by atoms with van der Waals surface area (Å²) in [5, 5.41) is 10.3. The third-order valence-corrected chi connectivity index (χ3v) is 2.05. The van der Waals surface area contributed by atoms with E-state index in [9.17, 15) is 5.21 Å². The maximum absolute atomic E-state index is 9.20. The van der Waals surface area contributed by atoms with Gasteiger partial charge in [0.15, 0.2) is 0 Å². The molecule has 0 fully saturated rings. The highest BCUT2D eigenvalue weighted by molar-refractivity contribution is 9.10. The second kappa shape index (κ2) is 3.74. The van der Waals surface area contributed by atoms with Crippen molar-refractivity contribution in [1.29, 1.82) is 0 Å². The second-order valence-corrected chi connectivity index (χ2v) is 3.35. The molecule has 12 heavy (non-hydrogen) atoms. The van der Waals surface area contributed by atoms with Crippen LogP contribution in [0.5, 0.6) is 0 Å². The third kappa shape index (κ3) is 1.87. The molecule has 1 aromatic rings. The van der Waals surface area contributed by atoms with E-state index in [2.05, 4.69) is 22.5 Å². The highest BCUT2D eigenvalue weighted by Crippen LogP contribution is 2.23. The Bertz CT molecular complexity index is 297. The summed E-state index contributed by atoms with van der Waals surface area (Å²) in [5.74, 6) is 0. The van der Waals surface area contributed by atoms with E-state index in [0.717, 1.165) is 20.8 Å². The van der Waals surface area contributed by atoms with E-state index in [1.54, 1.807) is 13.1 Å². The molecule has 0 aliphatic carbocycles. The SMILES string of the molecule is C=Cc1cc(Br)ccc1N(C)O. The molecule has 1 aromatic carbocycles. The van der Waals surface area contributed by atoms with Crippen molar-refractivity contribution in [3.8, 4) is 0 Å². The highest BCUT2D eigenvalue weighted by Gasteiger charge is 2.02. The van der Waals surface area contributed by atoms with Crippen LogP contribution in [0.2, 0.25) is 0 Å². The van der Waals surface area contributed by atoms with Crippen LogP contribution < -0.4 is 5.06 Å². The van der Waals surface area contributed by atoms with Crippen LogP contribution in [0.1, 0.15) is 5.56 Å². The summed E-state index contributed by atoms with van der Waals surface area (Å²) in [5.41, 5.74) is 1.64. The number of anilines is 1. The number of nitrogens with zero attached hydrogens (tertiary/aromatic N) is 1. The summed E-state index contributed by atoms with van der Waals surface area (Å²) in [6.45, 7) is 3.66. The molecule has 0 saturated heterocycles. The molecule has 0 aliphatic heterocycles. The third-order valence-electron chi connectivity index (χ3n) is 1.56. The summed E-state index contributed by atoms with van der Waals surface area (Å²) >= 11 is 3.34. The predicted octanol–water partition coefficient (Wildman–Crippen LogP) is 2.92. The number of hydroxylamine groups is 1. The van der Waals surface area contributed by atoms with E-state index in [4.69, 9.17) is 0 Å². The Hall–Kier alpha value is -0.800. The van der Waals surface area contributed by atoms with Gasteiger partial charge >= 0.3 is 0 Å². The van der Waals surface area contributed by atoms with E-state index < -0.39 is 0 Å². The monoisotopic (exact) mass is 227 g/mol. The first-order valence-electron chi connectivity index (χ1n) is 3.49. The quantitative estimate of drug-likeness (QED) is 0.786. The smallest absolute Gasteiger partial charge is 0.0703 e. The van der Waals surface area contributed by atoms with Gasteiger partial charge in [-0.3, -0.25) is 10.3 Å². The lowest BCUT2D eigenvalue weighted by atomic mass is 10.2. The molecule has 0 bridgehead atoms. The molecule has 0 amide bonds. The predicted molar refractivity (Wildman–Crippen MR) is 54.4 cm³/mol. The van der Waals surface area contributed by atoms with E-state index in [-0.39, 0.29) is 0 Å².